The van der Waals surface area contributed by atoms with Crippen LogP contribution in [0.15, 0.2) is 18.2 Å². The number of aromatic amines is 1. The zero-order chi connectivity index (χ0) is 11.4. The minimum atomic E-state index is 0.710. The van der Waals surface area contributed by atoms with Gasteiger partial charge in [0, 0.05) is 5.92 Å². The van der Waals surface area contributed by atoms with Gasteiger partial charge < -0.3 is 4.98 Å². The van der Waals surface area contributed by atoms with E-state index in [-0.39, 0.29) is 0 Å². The molecule has 2 heteroatoms. The van der Waals surface area contributed by atoms with Gasteiger partial charge in [0.25, 0.3) is 0 Å². The monoisotopic (exact) mass is 226 g/mol. The molecular formula is C15H18N2. The number of fused-ring (bicyclic) bond motifs is 3. The molecule has 17 heavy (non-hydrogen) atoms. The molecule has 0 aliphatic heterocycles. The van der Waals surface area contributed by atoms with Crippen molar-refractivity contribution in [1.29, 1.82) is 0 Å². The maximum absolute atomic E-state index is 4.80. The summed E-state index contributed by atoms with van der Waals surface area (Å²) in [6.07, 6.45) is 5.69. The molecule has 3 unspecified atom stereocenters. The average molecular weight is 226 g/mol. The molecule has 2 aliphatic rings. The van der Waals surface area contributed by atoms with E-state index in [9.17, 15) is 0 Å². The van der Waals surface area contributed by atoms with Crippen LogP contribution in [-0.2, 0) is 0 Å². The molecule has 1 N–H and O–H groups in total. The summed E-state index contributed by atoms with van der Waals surface area (Å²) < 4.78 is 0. The van der Waals surface area contributed by atoms with Gasteiger partial charge in [-0.25, -0.2) is 4.98 Å². The van der Waals surface area contributed by atoms with Crippen molar-refractivity contribution >= 4 is 11.0 Å². The molecule has 1 aromatic carbocycles. The van der Waals surface area contributed by atoms with E-state index in [1.54, 1.807) is 0 Å². The van der Waals surface area contributed by atoms with Crippen LogP contribution in [0.4, 0.5) is 0 Å². The molecule has 0 radical (unpaired) electrons. The average Bonchev–Trinajstić information content (AvgIpc) is 3.01. The quantitative estimate of drug-likeness (QED) is 0.787. The van der Waals surface area contributed by atoms with Crippen molar-refractivity contribution in [2.45, 2.75) is 38.5 Å². The van der Waals surface area contributed by atoms with Crippen molar-refractivity contribution < 1.29 is 0 Å². The first-order chi connectivity index (χ1) is 8.29. The molecule has 2 aromatic rings. The highest BCUT2D eigenvalue weighted by Crippen LogP contribution is 2.52. The number of hydrogen-bond donors (Lipinski definition) is 1. The zero-order valence-corrected chi connectivity index (χ0v) is 10.2. The van der Waals surface area contributed by atoms with Crippen LogP contribution in [0.1, 0.15) is 43.0 Å². The number of nitrogens with one attached hydrogen (secondary N) is 1. The van der Waals surface area contributed by atoms with Crippen molar-refractivity contribution in [3.8, 4) is 0 Å². The van der Waals surface area contributed by atoms with Crippen LogP contribution in [0.5, 0.6) is 0 Å². The Kier molecular flexibility index (Phi) is 1.91. The van der Waals surface area contributed by atoms with Crippen LogP contribution in [0.2, 0.25) is 0 Å². The SMILES string of the molecule is Cc1ccc2nc(C3CC4CCC3C4)[nH]c2c1. The normalized spacial score (nSPS) is 31.5. The van der Waals surface area contributed by atoms with E-state index in [0.29, 0.717) is 5.92 Å². The molecule has 2 fully saturated rings. The van der Waals surface area contributed by atoms with Gasteiger partial charge in [0.2, 0.25) is 0 Å². The second-order valence-electron chi connectivity index (χ2n) is 5.92. The molecule has 0 saturated heterocycles. The molecule has 1 heterocycles. The summed E-state index contributed by atoms with van der Waals surface area (Å²) in [5.74, 6) is 3.85. The van der Waals surface area contributed by atoms with Gasteiger partial charge in [0.1, 0.15) is 5.82 Å². The number of nitrogens with zero attached hydrogens (tertiary/aromatic N) is 1. The first-order valence-electron chi connectivity index (χ1n) is 6.76. The lowest BCUT2D eigenvalue weighted by Crippen LogP contribution is -2.09. The predicted molar refractivity (Wildman–Crippen MR) is 69.0 cm³/mol. The van der Waals surface area contributed by atoms with Crippen molar-refractivity contribution in [2.75, 3.05) is 0 Å². The molecule has 0 spiro atoms. The summed E-state index contributed by atoms with van der Waals surface area (Å²) in [7, 11) is 0. The summed E-state index contributed by atoms with van der Waals surface area (Å²) in [5, 5.41) is 0. The van der Waals surface area contributed by atoms with Gasteiger partial charge >= 0.3 is 0 Å². The summed E-state index contributed by atoms with van der Waals surface area (Å²) in [5.41, 5.74) is 3.65. The number of aromatic nitrogens is 2. The molecule has 2 nitrogen and oxygen atoms in total. The number of benzene rings is 1. The van der Waals surface area contributed by atoms with E-state index >= 15 is 0 Å². The predicted octanol–water partition coefficient (Wildman–Crippen LogP) is 3.77. The lowest BCUT2D eigenvalue weighted by atomic mass is 9.88. The molecule has 2 saturated carbocycles. The fourth-order valence-electron chi connectivity index (χ4n) is 3.90. The van der Waals surface area contributed by atoms with Crippen LogP contribution in [0, 0.1) is 18.8 Å². The van der Waals surface area contributed by atoms with E-state index in [1.165, 1.54) is 42.6 Å². The molecule has 2 aliphatic carbocycles. The van der Waals surface area contributed by atoms with Gasteiger partial charge in [-0.05, 0) is 55.7 Å². The zero-order valence-electron chi connectivity index (χ0n) is 10.2. The van der Waals surface area contributed by atoms with Crippen LogP contribution in [0.25, 0.3) is 11.0 Å². The highest BCUT2D eigenvalue weighted by Gasteiger charge is 2.41. The largest absolute Gasteiger partial charge is 0.342 e. The first kappa shape index (κ1) is 9.69. The Hall–Kier alpha value is -1.31. The molecule has 3 atom stereocenters. The molecule has 88 valence electrons. The molecule has 0 amide bonds. The van der Waals surface area contributed by atoms with E-state index in [2.05, 4.69) is 30.1 Å². The Morgan fingerprint density at radius 2 is 2.18 bits per heavy atom. The number of rotatable bonds is 1. The lowest BCUT2D eigenvalue weighted by molar-refractivity contribution is 0.408. The van der Waals surface area contributed by atoms with E-state index in [1.807, 2.05) is 0 Å². The summed E-state index contributed by atoms with van der Waals surface area (Å²) in [4.78, 5) is 8.35. The molecular weight excluding hydrogens is 208 g/mol. The maximum atomic E-state index is 4.80. The Morgan fingerprint density at radius 1 is 1.24 bits per heavy atom. The summed E-state index contributed by atoms with van der Waals surface area (Å²) in [6, 6.07) is 6.49. The number of hydrogen-bond acceptors (Lipinski definition) is 1. The Bertz CT molecular complexity index is 569. The third-order valence-corrected chi connectivity index (χ3v) is 4.75. The molecule has 4 rings (SSSR count). The van der Waals surface area contributed by atoms with Crippen molar-refractivity contribution in [2.24, 2.45) is 11.8 Å². The third-order valence-electron chi connectivity index (χ3n) is 4.75. The highest BCUT2D eigenvalue weighted by atomic mass is 14.9. The number of H-pyrrole nitrogens is 1. The second-order valence-corrected chi connectivity index (χ2v) is 5.92. The van der Waals surface area contributed by atoms with E-state index < -0.39 is 0 Å². The van der Waals surface area contributed by atoms with E-state index in [4.69, 9.17) is 4.98 Å². The minimum absolute atomic E-state index is 0.710. The van der Waals surface area contributed by atoms with Crippen molar-refractivity contribution in [3.05, 3.63) is 29.6 Å². The van der Waals surface area contributed by atoms with E-state index in [0.717, 1.165) is 17.4 Å². The van der Waals surface area contributed by atoms with Gasteiger partial charge in [-0.2, -0.15) is 0 Å². The Morgan fingerprint density at radius 3 is 2.94 bits per heavy atom. The van der Waals surface area contributed by atoms with Crippen LogP contribution in [0.3, 0.4) is 0 Å². The molecule has 2 bridgehead atoms. The topological polar surface area (TPSA) is 28.7 Å². The molecule has 1 aromatic heterocycles. The third kappa shape index (κ3) is 1.43. The summed E-state index contributed by atoms with van der Waals surface area (Å²) >= 11 is 0. The minimum Gasteiger partial charge on any atom is -0.342 e. The number of aryl methyl sites for hydroxylation is 1. The maximum Gasteiger partial charge on any atom is 0.110 e. The second kappa shape index (κ2) is 3.34. The highest BCUT2D eigenvalue weighted by molar-refractivity contribution is 5.75. The van der Waals surface area contributed by atoms with Gasteiger partial charge in [-0.1, -0.05) is 12.5 Å². The Labute approximate surface area is 101 Å². The van der Waals surface area contributed by atoms with Crippen molar-refractivity contribution in [3.63, 3.8) is 0 Å². The van der Waals surface area contributed by atoms with Gasteiger partial charge in [0.15, 0.2) is 0 Å². The summed E-state index contributed by atoms with van der Waals surface area (Å²) in [6.45, 7) is 2.14. The standard InChI is InChI=1S/C15H18N2/c1-9-2-5-13-14(6-9)17-15(16-13)12-8-10-3-4-11(12)7-10/h2,5-6,10-12H,3-4,7-8H2,1H3,(H,16,17). The van der Waals surface area contributed by atoms with Gasteiger partial charge in [0.05, 0.1) is 11.0 Å². The fraction of sp³-hybridized carbons (Fsp3) is 0.533. The lowest BCUT2D eigenvalue weighted by Gasteiger charge is -2.18. The first-order valence-corrected chi connectivity index (χ1v) is 6.76. The Balaban J connectivity index is 1.76. The van der Waals surface area contributed by atoms with Crippen LogP contribution >= 0.6 is 0 Å². The van der Waals surface area contributed by atoms with Gasteiger partial charge in [-0.15, -0.1) is 0 Å². The smallest absolute Gasteiger partial charge is 0.110 e. The fourth-order valence-corrected chi connectivity index (χ4v) is 3.90. The van der Waals surface area contributed by atoms with Crippen LogP contribution < -0.4 is 0 Å². The number of imidazole rings is 1. The van der Waals surface area contributed by atoms with Gasteiger partial charge in [-0.3, -0.25) is 0 Å². The van der Waals surface area contributed by atoms with Crippen LogP contribution in [-0.4, -0.2) is 9.97 Å². The van der Waals surface area contributed by atoms with Crippen molar-refractivity contribution in [1.82, 2.24) is 9.97 Å².